The van der Waals surface area contributed by atoms with Crippen LogP contribution in [-0.2, 0) is 11.3 Å². The first kappa shape index (κ1) is 26.1. The molecule has 3 atom stereocenters. The van der Waals surface area contributed by atoms with Crippen LogP contribution >= 0.6 is 0 Å². The molecule has 0 aromatic heterocycles. The maximum atomic E-state index is 11.3. The Morgan fingerprint density at radius 2 is 1.50 bits per heavy atom. The highest BCUT2D eigenvalue weighted by atomic mass is 16.4. The molecule has 3 N–H and O–H groups in total. The summed E-state index contributed by atoms with van der Waals surface area (Å²) in [7, 11) is 0. The van der Waals surface area contributed by atoms with Crippen molar-refractivity contribution in [2.45, 2.75) is 94.6 Å². The molecule has 1 saturated carbocycles. The van der Waals surface area contributed by atoms with Gasteiger partial charge in [0.05, 0.1) is 12.0 Å². The number of carbonyl (C=O) groups is 1. The number of carboxylic acid groups (broad SMARTS) is 1. The van der Waals surface area contributed by atoms with Crippen LogP contribution in [0.5, 0.6) is 0 Å². The monoisotopic (exact) mass is 498 g/mol. The van der Waals surface area contributed by atoms with Crippen LogP contribution in [-0.4, -0.2) is 100 Å². The van der Waals surface area contributed by atoms with Crippen molar-refractivity contribution in [3.8, 4) is 0 Å². The van der Waals surface area contributed by atoms with Crippen molar-refractivity contribution in [1.82, 2.24) is 20.0 Å². The fourth-order valence-corrected chi connectivity index (χ4v) is 7.23. The molecule has 3 unspecified atom stereocenters. The summed E-state index contributed by atoms with van der Waals surface area (Å²) >= 11 is 0. The Kier molecular flexibility index (Phi) is 8.96. The summed E-state index contributed by atoms with van der Waals surface area (Å²) in [6.45, 7) is 7.38. The van der Waals surface area contributed by atoms with E-state index in [0.717, 1.165) is 58.0 Å². The zero-order valence-electron chi connectivity index (χ0n) is 21.8. The number of nitrogens with one attached hydrogen (secondary N) is 1. The highest BCUT2D eigenvalue weighted by Gasteiger charge is 2.39. The maximum Gasteiger partial charge on any atom is 0.306 e. The molecule has 7 nitrogen and oxygen atoms in total. The lowest BCUT2D eigenvalue weighted by Crippen LogP contribution is -2.60. The Morgan fingerprint density at radius 3 is 2.17 bits per heavy atom. The minimum Gasteiger partial charge on any atom is -0.481 e. The molecule has 3 aliphatic heterocycles. The molecule has 3 heterocycles. The van der Waals surface area contributed by atoms with Crippen LogP contribution in [0.1, 0.15) is 63.4 Å². The van der Waals surface area contributed by atoms with E-state index in [9.17, 15) is 15.0 Å². The molecule has 3 saturated heterocycles. The third-order valence-electron chi connectivity index (χ3n) is 9.47. The largest absolute Gasteiger partial charge is 0.481 e. The third-order valence-corrected chi connectivity index (χ3v) is 9.47. The van der Waals surface area contributed by atoms with Crippen molar-refractivity contribution in [2.75, 3.05) is 39.3 Å². The first-order valence-electron chi connectivity index (χ1n) is 14.5. The van der Waals surface area contributed by atoms with Gasteiger partial charge in [0, 0.05) is 30.7 Å². The Bertz CT molecular complexity index is 815. The number of aliphatic hydroxyl groups is 1. The molecule has 1 aromatic carbocycles. The van der Waals surface area contributed by atoms with Crippen molar-refractivity contribution in [2.24, 2.45) is 5.92 Å². The van der Waals surface area contributed by atoms with E-state index in [1.165, 1.54) is 44.3 Å². The lowest BCUT2D eigenvalue weighted by Gasteiger charge is -2.46. The van der Waals surface area contributed by atoms with Gasteiger partial charge in [-0.05, 0) is 96.2 Å². The van der Waals surface area contributed by atoms with Gasteiger partial charge in [0.25, 0.3) is 0 Å². The molecule has 1 aromatic rings. The fraction of sp³-hybridized carbons (Fsp3) is 0.759. The van der Waals surface area contributed by atoms with Gasteiger partial charge in [0.1, 0.15) is 0 Å². The van der Waals surface area contributed by atoms with Gasteiger partial charge in [0.15, 0.2) is 0 Å². The van der Waals surface area contributed by atoms with Crippen LogP contribution < -0.4 is 5.32 Å². The summed E-state index contributed by atoms with van der Waals surface area (Å²) in [5, 5.41) is 24.4. The van der Waals surface area contributed by atoms with E-state index < -0.39 is 5.97 Å². The van der Waals surface area contributed by atoms with Gasteiger partial charge >= 0.3 is 5.97 Å². The maximum absolute atomic E-state index is 11.3. The molecule has 7 heteroatoms. The standard InChI is InChI=1S/C29H46N4O3/c34-28-26(7-4-8-27(28)33-17-9-23(10-18-33)29(35)36)30-24-11-19-32(20-12-24)25-13-15-31(16-14-25)21-22-5-2-1-3-6-22/h1-3,5-6,23-28,30,34H,4,7-21H2,(H,35,36). The van der Waals surface area contributed by atoms with E-state index in [0.29, 0.717) is 18.9 Å². The number of carboxylic acids is 1. The van der Waals surface area contributed by atoms with E-state index in [2.05, 4.69) is 50.3 Å². The van der Waals surface area contributed by atoms with E-state index in [1.807, 2.05) is 0 Å². The van der Waals surface area contributed by atoms with Gasteiger partial charge in [-0.1, -0.05) is 36.8 Å². The van der Waals surface area contributed by atoms with E-state index in [-0.39, 0.29) is 24.1 Å². The Balaban J connectivity index is 1.03. The highest BCUT2D eigenvalue weighted by molar-refractivity contribution is 5.70. The van der Waals surface area contributed by atoms with Gasteiger partial charge < -0.3 is 20.4 Å². The van der Waals surface area contributed by atoms with Gasteiger partial charge in [-0.3, -0.25) is 14.6 Å². The first-order valence-corrected chi connectivity index (χ1v) is 14.5. The number of piperidine rings is 3. The smallest absolute Gasteiger partial charge is 0.306 e. The topological polar surface area (TPSA) is 79.3 Å². The van der Waals surface area contributed by atoms with Gasteiger partial charge in [0.2, 0.25) is 0 Å². The molecule has 0 bridgehead atoms. The number of hydrogen-bond donors (Lipinski definition) is 3. The van der Waals surface area contributed by atoms with Gasteiger partial charge in [-0.2, -0.15) is 0 Å². The number of benzene rings is 1. The lowest BCUT2D eigenvalue weighted by atomic mass is 9.84. The lowest BCUT2D eigenvalue weighted by molar-refractivity contribution is -0.143. The van der Waals surface area contributed by atoms with Crippen LogP contribution in [0.2, 0.25) is 0 Å². The molecule has 1 aliphatic carbocycles. The summed E-state index contributed by atoms with van der Waals surface area (Å²) in [4.78, 5) is 19.0. The molecule has 0 amide bonds. The van der Waals surface area contributed by atoms with Crippen LogP contribution in [0.3, 0.4) is 0 Å². The second-order valence-electron chi connectivity index (χ2n) is 11.7. The van der Waals surface area contributed by atoms with Crippen LogP contribution in [0.4, 0.5) is 0 Å². The summed E-state index contributed by atoms with van der Waals surface area (Å²) < 4.78 is 0. The predicted octanol–water partition coefficient (Wildman–Crippen LogP) is 2.78. The fourth-order valence-electron chi connectivity index (χ4n) is 7.23. The van der Waals surface area contributed by atoms with Crippen molar-refractivity contribution >= 4 is 5.97 Å². The molecular weight excluding hydrogens is 452 g/mol. The van der Waals surface area contributed by atoms with E-state index >= 15 is 0 Å². The second kappa shape index (κ2) is 12.4. The summed E-state index contributed by atoms with van der Waals surface area (Å²) in [5.41, 5.74) is 1.42. The SMILES string of the molecule is O=C(O)C1CCN(C2CCCC(NC3CCN(C4CCN(Cc5ccccc5)CC4)CC3)C2O)CC1. The molecule has 0 radical (unpaired) electrons. The minimum atomic E-state index is -0.664. The van der Waals surface area contributed by atoms with Crippen molar-refractivity contribution in [3.05, 3.63) is 35.9 Å². The summed E-state index contributed by atoms with van der Waals surface area (Å²) in [5.74, 6) is -0.875. The quantitative estimate of drug-likeness (QED) is 0.534. The van der Waals surface area contributed by atoms with E-state index in [1.54, 1.807) is 0 Å². The molecule has 0 spiro atoms. The van der Waals surface area contributed by atoms with Crippen molar-refractivity contribution < 1.29 is 15.0 Å². The Morgan fingerprint density at radius 1 is 0.833 bits per heavy atom. The average Bonchev–Trinajstić information content (AvgIpc) is 2.91. The minimum absolute atomic E-state index is 0.165. The molecule has 4 fully saturated rings. The predicted molar refractivity (Wildman–Crippen MR) is 142 cm³/mol. The second-order valence-corrected chi connectivity index (χ2v) is 11.7. The number of aliphatic carboxylic acids is 1. The highest BCUT2D eigenvalue weighted by Crippen LogP contribution is 2.29. The van der Waals surface area contributed by atoms with E-state index in [4.69, 9.17) is 0 Å². The number of rotatable bonds is 7. The third kappa shape index (κ3) is 6.48. The number of nitrogens with zero attached hydrogens (tertiary/aromatic N) is 3. The molecule has 200 valence electrons. The zero-order chi connectivity index (χ0) is 24.9. The summed E-state index contributed by atoms with van der Waals surface area (Å²) in [6, 6.07) is 12.4. The van der Waals surface area contributed by atoms with Crippen molar-refractivity contribution in [3.63, 3.8) is 0 Å². The van der Waals surface area contributed by atoms with Crippen LogP contribution in [0.25, 0.3) is 0 Å². The molecule has 4 aliphatic rings. The normalized spacial score (nSPS) is 31.0. The zero-order valence-corrected chi connectivity index (χ0v) is 21.8. The first-order chi connectivity index (χ1) is 17.6. The van der Waals surface area contributed by atoms with Crippen molar-refractivity contribution in [1.29, 1.82) is 0 Å². The Hall–Kier alpha value is -1.51. The number of hydrogen-bond acceptors (Lipinski definition) is 6. The Labute approximate surface area is 216 Å². The molecule has 36 heavy (non-hydrogen) atoms. The number of aliphatic hydroxyl groups excluding tert-OH is 1. The van der Waals surface area contributed by atoms with Crippen LogP contribution in [0.15, 0.2) is 30.3 Å². The van der Waals surface area contributed by atoms with Crippen LogP contribution in [0, 0.1) is 5.92 Å². The van der Waals surface area contributed by atoms with Gasteiger partial charge in [-0.15, -0.1) is 0 Å². The summed E-state index contributed by atoms with van der Waals surface area (Å²) in [6.07, 6.45) is 9.15. The molecule has 5 rings (SSSR count). The van der Waals surface area contributed by atoms with Gasteiger partial charge in [-0.25, -0.2) is 0 Å². The molecular formula is C29H46N4O3. The average molecular weight is 499 g/mol. The number of likely N-dealkylation sites (tertiary alicyclic amines) is 3.